The molecule has 0 aliphatic carbocycles. The third-order valence-electron chi connectivity index (χ3n) is 6.38. The number of carbonyl (C=O) groups is 2. The third kappa shape index (κ3) is 8.23. The second kappa shape index (κ2) is 14.5. The maximum absolute atomic E-state index is 14.1. The zero-order chi connectivity index (χ0) is 30.0. The highest BCUT2D eigenvalue weighted by atomic mass is 32.2. The molecule has 220 valence electrons. The minimum absolute atomic E-state index is 0.0289. The Hall–Kier alpha value is -4.05. The number of sulfonamides is 1. The molecular weight excluding hydrogens is 542 g/mol. The van der Waals surface area contributed by atoms with Gasteiger partial charge in [-0.3, -0.25) is 13.9 Å². The van der Waals surface area contributed by atoms with E-state index < -0.39 is 28.5 Å². The lowest BCUT2D eigenvalue weighted by Crippen LogP contribution is -2.51. The van der Waals surface area contributed by atoms with Gasteiger partial charge in [0.15, 0.2) is 0 Å². The molecule has 0 aromatic heterocycles. The Morgan fingerprint density at radius 2 is 1.61 bits per heavy atom. The van der Waals surface area contributed by atoms with Crippen molar-refractivity contribution in [2.24, 2.45) is 5.92 Å². The van der Waals surface area contributed by atoms with Gasteiger partial charge in [0.2, 0.25) is 11.8 Å². The lowest BCUT2D eigenvalue weighted by molar-refractivity contribution is -0.139. The molecular formula is C31H39N3O6S. The van der Waals surface area contributed by atoms with Crippen LogP contribution in [0.1, 0.15) is 33.3 Å². The van der Waals surface area contributed by atoms with Gasteiger partial charge in [-0.15, -0.1) is 0 Å². The molecule has 0 bridgehead atoms. The summed E-state index contributed by atoms with van der Waals surface area (Å²) >= 11 is 0. The summed E-state index contributed by atoms with van der Waals surface area (Å²) in [6.45, 7) is 7.66. The van der Waals surface area contributed by atoms with Gasteiger partial charge in [0, 0.05) is 13.1 Å². The van der Waals surface area contributed by atoms with Gasteiger partial charge in [-0.1, -0.05) is 56.3 Å². The lowest BCUT2D eigenvalue weighted by Gasteiger charge is -2.32. The summed E-state index contributed by atoms with van der Waals surface area (Å²) in [7, 11) is -2.64. The fraction of sp³-hybridized carbons (Fsp3) is 0.355. The molecule has 0 heterocycles. The molecule has 0 fully saturated rings. The van der Waals surface area contributed by atoms with Gasteiger partial charge in [0.1, 0.15) is 24.1 Å². The SMILES string of the molecule is CCOc1ccccc1N(CC(=O)N(Cc1cccc(OC)c1)[C@@H](C)C(=O)NCC(C)C)S(=O)(=O)c1ccccc1. The first-order valence-corrected chi connectivity index (χ1v) is 15.0. The zero-order valence-corrected chi connectivity index (χ0v) is 25.1. The molecule has 0 spiro atoms. The smallest absolute Gasteiger partial charge is 0.264 e. The van der Waals surface area contributed by atoms with Gasteiger partial charge in [0.05, 0.1) is 24.3 Å². The average molecular weight is 582 g/mol. The van der Waals surface area contributed by atoms with Crippen LogP contribution in [0.2, 0.25) is 0 Å². The number of benzene rings is 3. The number of methoxy groups -OCH3 is 1. The monoisotopic (exact) mass is 581 g/mol. The van der Waals surface area contributed by atoms with E-state index in [-0.39, 0.29) is 29.0 Å². The van der Waals surface area contributed by atoms with Crippen LogP contribution in [-0.4, -0.2) is 58.0 Å². The summed E-state index contributed by atoms with van der Waals surface area (Å²) in [6, 6.07) is 20.9. The van der Waals surface area contributed by atoms with Crippen LogP contribution < -0.4 is 19.1 Å². The normalized spacial score (nSPS) is 12.0. The Morgan fingerprint density at radius 1 is 0.927 bits per heavy atom. The Labute approximate surface area is 243 Å². The summed E-state index contributed by atoms with van der Waals surface area (Å²) in [5, 5.41) is 2.88. The van der Waals surface area contributed by atoms with Crippen LogP contribution in [0.15, 0.2) is 83.8 Å². The number of amides is 2. The van der Waals surface area contributed by atoms with Crippen LogP contribution >= 0.6 is 0 Å². The van der Waals surface area contributed by atoms with Gasteiger partial charge < -0.3 is 19.7 Å². The van der Waals surface area contributed by atoms with E-state index in [0.717, 1.165) is 9.87 Å². The largest absolute Gasteiger partial charge is 0.497 e. The zero-order valence-electron chi connectivity index (χ0n) is 24.2. The molecule has 0 aliphatic heterocycles. The van der Waals surface area contributed by atoms with Gasteiger partial charge >= 0.3 is 0 Å². The molecule has 0 unspecified atom stereocenters. The van der Waals surface area contributed by atoms with Crippen molar-refractivity contribution in [3.8, 4) is 11.5 Å². The van der Waals surface area contributed by atoms with E-state index >= 15 is 0 Å². The molecule has 3 aromatic rings. The maximum Gasteiger partial charge on any atom is 0.264 e. The first-order valence-electron chi connectivity index (χ1n) is 13.6. The Kier molecular flexibility index (Phi) is 11.2. The minimum Gasteiger partial charge on any atom is -0.497 e. The van der Waals surface area contributed by atoms with Crippen molar-refractivity contribution in [1.82, 2.24) is 10.2 Å². The quantitative estimate of drug-likeness (QED) is 0.301. The molecule has 3 rings (SSSR count). The van der Waals surface area contributed by atoms with Crippen molar-refractivity contribution in [2.45, 2.75) is 45.2 Å². The van der Waals surface area contributed by atoms with Gasteiger partial charge in [-0.25, -0.2) is 8.42 Å². The van der Waals surface area contributed by atoms with E-state index in [2.05, 4.69) is 5.32 Å². The number of para-hydroxylation sites is 2. The van der Waals surface area contributed by atoms with Gasteiger partial charge in [-0.05, 0) is 61.7 Å². The number of rotatable bonds is 14. The molecule has 10 heteroatoms. The van der Waals surface area contributed by atoms with Gasteiger partial charge in [-0.2, -0.15) is 0 Å². The highest BCUT2D eigenvalue weighted by Gasteiger charge is 2.33. The number of nitrogens with zero attached hydrogens (tertiary/aromatic N) is 2. The van der Waals surface area contributed by atoms with Crippen LogP contribution in [0.5, 0.6) is 11.5 Å². The second-order valence-electron chi connectivity index (χ2n) is 9.91. The molecule has 9 nitrogen and oxygen atoms in total. The lowest BCUT2D eigenvalue weighted by atomic mass is 10.1. The van der Waals surface area contributed by atoms with Crippen molar-refractivity contribution >= 4 is 27.5 Å². The van der Waals surface area contributed by atoms with Crippen LogP contribution in [0.4, 0.5) is 5.69 Å². The molecule has 3 aromatic carbocycles. The van der Waals surface area contributed by atoms with Crippen molar-refractivity contribution in [2.75, 3.05) is 31.1 Å². The number of anilines is 1. The van der Waals surface area contributed by atoms with Crippen LogP contribution in [-0.2, 0) is 26.2 Å². The third-order valence-corrected chi connectivity index (χ3v) is 8.16. The predicted molar refractivity (Wildman–Crippen MR) is 159 cm³/mol. The summed E-state index contributed by atoms with van der Waals surface area (Å²) in [4.78, 5) is 28.6. The molecule has 0 radical (unpaired) electrons. The van der Waals surface area contributed by atoms with E-state index in [1.54, 1.807) is 81.6 Å². The number of nitrogens with one attached hydrogen (secondary N) is 1. The number of ether oxygens (including phenoxy) is 2. The highest BCUT2D eigenvalue weighted by molar-refractivity contribution is 7.92. The second-order valence-corrected chi connectivity index (χ2v) is 11.8. The Balaban J connectivity index is 2.06. The fourth-order valence-corrected chi connectivity index (χ4v) is 5.62. The molecule has 1 N–H and O–H groups in total. The summed E-state index contributed by atoms with van der Waals surface area (Å²) in [5.74, 6) is 0.262. The molecule has 0 saturated carbocycles. The highest BCUT2D eigenvalue weighted by Crippen LogP contribution is 2.33. The van der Waals surface area contributed by atoms with Crippen molar-refractivity contribution in [1.29, 1.82) is 0 Å². The maximum atomic E-state index is 14.1. The molecule has 41 heavy (non-hydrogen) atoms. The predicted octanol–water partition coefficient (Wildman–Crippen LogP) is 4.48. The topological polar surface area (TPSA) is 105 Å². The summed E-state index contributed by atoms with van der Waals surface area (Å²) in [6.07, 6.45) is 0. The standard InChI is InChI=1S/C31H39N3O6S/c1-6-40-29-18-11-10-17-28(29)34(41(37,38)27-15-8-7-9-16-27)22-30(35)33(24(4)31(36)32-20-23(2)3)21-25-13-12-14-26(19-25)39-5/h7-19,23-24H,6,20-22H2,1-5H3,(H,32,36)/t24-/m0/s1. The molecule has 1 atom stereocenters. The van der Waals surface area contributed by atoms with Gasteiger partial charge in [0.25, 0.3) is 10.0 Å². The van der Waals surface area contributed by atoms with E-state index in [1.807, 2.05) is 19.9 Å². The first kappa shape index (κ1) is 31.5. The Morgan fingerprint density at radius 3 is 2.27 bits per heavy atom. The van der Waals surface area contributed by atoms with Crippen LogP contribution in [0.3, 0.4) is 0 Å². The molecule has 0 saturated heterocycles. The van der Waals surface area contributed by atoms with Crippen LogP contribution in [0, 0.1) is 5.92 Å². The number of hydrogen-bond acceptors (Lipinski definition) is 6. The Bertz CT molecular complexity index is 1410. The minimum atomic E-state index is -4.19. The summed E-state index contributed by atoms with van der Waals surface area (Å²) in [5.41, 5.74) is 0.957. The van der Waals surface area contributed by atoms with Crippen molar-refractivity contribution in [3.05, 3.63) is 84.4 Å². The molecule has 2 amide bonds. The fourth-order valence-electron chi connectivity index (χ4n) is 4.18. The van der Waals surface area contributed by atoms with E-state index in [9.17, 15) is 18.0 Å². The molecule has 0 aliphatic rings. The van der Waals surface area contributed by atoms with E-state index in [1.165, 1.54) is 17.0 Å². The van der Waals surface area contributed by atoms with Crippen LogP contribution in [0.25, 0.3) is 0 Å². The first-order chi connectivity index (χ1) is 19.6. The average Bonchev–Trinajstić information content (AvgIpc) is 2.98. The summed E-state index contributed by atoms with van der Waals surface area (Å²) < 4.78 is 40.1. The van der Waals surface area contributed by atoms with Crippen molar-refractivity contribution in [3.63, 3.8) is 0 Å². The number of carbonyl (C=O) groups excluding carboxylic acids is 2. The number of hydrogen-bond donors (Lipinski definition) is 1. The van der Waals surface area contributed by atoms with E-state index in [0.29, 0.717) is 24.7 Å². The van der Waals surface area contributed by atoms with E-state index in [4.69, 9.17) is 9.47 Å². The van der Waals surface area contributed by atoms with Crippen molar-refractivity contribution < 1.29 is 27.5 Å².